The van der Waals surface area contributed by atoms with E-state index in [-0.39, 0.29) is 12.5 Å². The van der Waals surface area contributed by atoms with Crippen LogP contribution in [0, 0.1) is 0 Å². The van der Waals surface area contributed by atoms with Gasteiger partial charge in [-0.3, -0.25) is 4.79 Å². The molecule has 3 rings (SSSR count). The van der Waals surface area contributed by atoms with Crippen molar-refractivity contribution in [2.45, 2.75) is 6.92 Å². The summed E-state index contributed by atoms with van der Waals surface area (Å²) >= 11 is 0. The molecule has 0 spiro atoms. The van der Waals surface area contributed by atoms with Crippen molar-refractivity contribution in [2.24, 2.45) is 0 Å². The third-order valence-corrected chi connectivity index (χ3v) is 3.60. The van der Waals surface area contributed by atoms with E-state index < -0.39 is 0 Å². The molecule has 3 aromatic rings. The molecule has 0 atom stereocenters. The highest BCUT2D eigenvalue weighted by Gasteiger charge is 2.05. The summed E-state index contributed by atoms with van der Waals surface area (Å²) in [5, 5.41) is 5.95. The average molecular weight is 363 g/mol. The number of nitrogens with one attached hydrogen (secondary N) is 2. The number of rotatable bonds is 8. The van der Waals surface area contributed by atoms with Gasteiger partial charge >= 0.3 is 0 Å². The fourth-order valence-corrected chi connectivity index (χ4v) is 2.35. The van der Waals surface area contributed by atoms with Crippen molar-refractivity contribution in [1.82, 2.24) is 4.98 Å². The second kappa shape index (κ2) is 9.24. The number of anilines is 3. The van der Waals surface area contributed by atoms with Gasteiger partial charge in [-0.25, -0.2) is 4.98 Å². The molecule has 6 heteroatoms. The maximum absolute atomic E-state index is 11.9. The quantitative estimate of drug-likeness (QED) is 0.626. The van der Waals surface area contributed by atoms with Crippen molar-refractivity contribution < 1.29 is 14.3 Å². The SMILES string of the molecule is CCOc1ccc(Nc2ccc(NC(=O)COc3ccccc3)nc2)cc1. The first-order valence-corrected chi connectivity index (χ1v) is 8.66. The van der Waals surface area contributed by atoms with Gasteiger partial charge < -0.3 is 20.1 Å². The molecule has 0 unspecified atom stereocenters. The summed E-state index contributed by atoms with van der Waals surface area (Å²) in [7, 11) is 0. The van der Waals surface area contributed by atoms with Gasteiger partial charge in [0.1, 0.15) is 17.3 Å². The number of aromatic nitrogens is 1. The van der Waals surface area contributed by atoms with Crippen LogP contribution in [0.15, 0.2) is 72.9 Å². The number of hydrogen-bond acceptors (Lipinski definition) is 5. The van der Waals surface area contributed by atoms with Crippen molar-refractivity contribution in [3.8, 4) is 11.5 Å². The van der Waals surface area contributed by atoms with Crippen LogP contribution in [0.5, 0.6) is 11.5 Å². The van der Waals surface area contributed by atoms with Gasteiger partial charge in [0.15, 0.2) is 6.61 Å². The van der Waals surface area contributed by atoms with E-state index in [4.69, 9.17) is 9.47 Å². The predicted molar refractivity (Wildman–Crippen MR) is 106 cm³/mol. The van der Waals surface area contributed by atoms with Gasteiger partial charge in [-0.15, -0.1) is 0 Å². The zero-order valence-electron chi connectivity index (χ0n) is 15.0. The highest BCUT2D eigenvalue weighted by atomic mass is 16.5. The Morgan fingerprint density at radius 1 is 0.889 bits per heavy atom. The zero-order chi connectivity index (χ0) is 18.9. The lowest BCUT2D eigenvalue weighted by Crippen LogP contribution is -2.20. The van der Waals surface area contributed by atoms with Crippen LogP contribution in [0.2, 0.25) is 0 Å². The van der Waals surface area contributed by atoms with E-state index in [9.17, 15) is 4.79 Å². The van der Waals surface area contributed by atoms with Gasteiger partial charge in [0.25, 0.3) is 5.91 Å². The van der Waals surface area contributed by atoms with Crippen molar-refractivity contribution in [3.63, 3.8) is 0 Å². The molecular weight excluding hydrogens is 342 g/mol. The Morgan fingerprint density at radius 3 is 2.26 bits per heavy atom. The van der Waals surface area contributed by atoms with Crippen molar-refractivity contribution in [3.05, 3.63) is 72.9 Å². The third-order valence-electron chi connectivity index (χ3n) is 3.60. The van der Waals surface area contributed by atoms with Crippen LogP contribution < -0.4 is 20.1 Å². The van der Waals surface area contributed by atoms with E-state index in [2.05, 4.69) is 15.6 Å². The van der Waals surface area contributed by atoms with Gasteiger partial charge in [-0.1, -0.05) is 18.2 Å². The Balaban J connectivity index is 1.50. The molecule has 0 bridgehead atoms. The normalized spacial score (nSPS) is 10.1. The molecule has 0 radical (unpaired) electrons. The molecule has 138 valence electrons. The molecule has 0 saturated heterocycles. The summed E-state index contributed by atoms with van der Waals surface area (Å²) in [4.78, 5) is 16.2. The Bertz CT molecular complexity index is 850. The molecule has 2 N–H and O–H groups in total. The second-order valence-corrected chi connectivity index (χ2v) is 5.66. The first-order chi connectivity index (χ1) is 13.2. The van der Waals surface area contributed by atoms with E-state index in [0.29, 0.717) is 18.2 Å². The minimum atomic E-state index is -0.265. The summed E-state index contributed by atoms with van der Waals surface area (Å²) in [5.41, 5.74) is 1.74. The second-order valence-electron chi connectivity index (χ2n) is 5.66. The van der Waals surface area contributed by atoms with Gasteiger partial charge in [-0.2, -0.15) is 0 Å². The van der Waals surface area contributed by atoms with Crippen LogP contribution in [-0.2, 0) is 4.79 Å². The number of nitrogens with zero attached hydrogens (tertiary/aromatic N) is 1. The number of benzene rings is 2. The number of ether oxygens (including phenoxy) is 2. The summed E-state index contributed by atoms with van der Waals surface area (Å²) in [6.07, 6.45) is 1.66. The molecule has 0 fully saturated rings. The van der Waals surface area contributed by atoms with E-state index in [1.807, 2.05) is 55.5 Å². The third kappa shape index (κ3) is 5.74. The molecular formula is C21H21N3O3. The first-order valence-electron chi connectivity index (χ1n) is 8.66. The van der Waals surface area contributed by atoms with Gasteiger partial charge in [0.2, 0.25) is 0 Å². The van der Waals surface area contributed by atoms with Gasteiger partial charge in [0, 0.05) is 5.69 Å². The zero-order valence-corrected chi connectivity index (χ0v) is 15.0. The summed E-state index contributed by atoms with van der Waals surface area (Å²) in [6.45, 7) is 2.52. The lowest BCUT2D eigenvalue weighted by atomic mass is 10.3. The minimum Gasteiger partial charge on any atom is -0.494 e. The van der Waals surface area contributed by atoms with Crippen molar-refractivity contribution in [1.29, 1.82) is 0 Å². The van der Waals surface area contributed by atoms with Crippen molar-refractivity contribution in [2.75, 3.05) is 23.8 Å². The molecule has 1 aromatic heterocycles. The van der Waals surface area contributed by atoms with Gasteiger partial charge in [0.05, 0.1) is 18.5 Å². The maximum atomic E-state index is 11.9. The number of amides is 1. The molecule has 1 amide bonds. The van der Waals surface area contributed by atoms with E-state index in [0.717, 1.165) is 17.1 Å². The lowest BCUT2D eigenvalue weighted by molar-refractivity contribution is -0.118. The van der Waals surface area contributed by atoms with Crippen LogP contribution in [0.25, 0.3) is 0 Å². The Hall–Kier alpha value is -3.54. The van der Waals surface area contributed by atoms with E-state index in [1.165, 1.54) is 0 Å². The molecule has 1 heterocycles. The molecule has 0 aliphatic heterocycles. The van der Waals surface area contributed by atoms with Crippen molar-refractivity contribution >= 4 is 23.1 Å². The number of pyridine rings is 1. The molecule has 0 saturated carbocycles. The first kappa shape index (κ1) is 18.3. The van der Waals surface area contributed by atoms with Crippen LogP contribution in [0.4, 0.5) is 17.2 Å². The predicted octanol–water partition coefficient (Wildman–Crippen LogP) is 4.24. The summed E-state index contributed by atoms with van der Waals surface area (Å²) in [5.74, 6) is 1.68. The molecule has 27 heavy (non-hydrogen) atoms. The average Bonchev–Trinajstić information content (AvgIpc) is 2.70. The van der Waals surface area contributed by atoms with Crippen LogP contribution in [-0.4, -0.2) is 24.1 Å². The smallest absolute Gasteiger partial charge is 0.263 e. The van der Waals surface area contributed by atoms with E-state index >= 15 is 0 Å². The maximum Gasteiger partial charge on any atom is 0.263 e. The monoisotopic (exact) mass is 363 g/mol. The van der Waals surface area contributed by atoms with Crippen LogP contribution in [0.3, 0.4) is 0 Å². The Kier molecular flexibility index (Phi) is 6.25. The fraction of sp³-hybridized carbons (Fsp3) is 0.143. The largest absolute Gasteiger partial charge is 0.494 e. The standard InChI is InChI=1S/C21H21N3O3/c1-2-26-19-11-8-16(9-12-19)23-17-10-13-20(22-14-17)24-21(25)15-27-18-6-4-3-5-7-18/h3-14,23H,2,15H2,1H3,(H,22,24,25). The number of hydrogen-bond donors (Lipinski definition) is 2. The lowest BCUT2D eigenvalue weighted by Gasteiger charge is -2.09. The molecule has 0 aliphatic rings. The van der Waals surface area contributed by atoms with Crippen LogP contribution >= 0.6 is 0 Å². The topological polar surface area (TPSA) is 72.5 Å². The molecule has 2 aromatic carbocycles. The summed E-state index contributed by atoms with van der Waals surface area (Å²) in [6, 6.07) is 20.4. The highest BCUT2D eigenvalue weighted by molar-refractivity contribution is 5.91. The highest BCUT2D eigenvalue weighted by Crippen LogP contribution is 2.20. The number of para-hydroxylation sites is 1. The fourth-order valence-electron chi connectivity index (χ4n) is 2.35. The Labute approximate surface area is 158 Å². The van der Waals surface area contributed by atoms with E-state index in [1.54, 1.807) is 24.4 Å². The number of carbonyl (C=O) groups is 1. The number of carbonyl (C=O) groups excluding carboxylic acids is 1. The molecule has 0 aliphatic carbocycles. The summed E-state index contributed by atoms with van der Waals surface area (Å²) < 4.78 is 10.8. The minimum absolute atomic E-state index is 0.0716. The van der Waals surface area contributed by atoms with Gasteiger partial charge in [-0.05, 0) is 55.5 Å². The Morgan fingerprint density at radius 2 is 1.59 bits per heavy atom. The molecule has 6 nitrogen and oxygen atoms in total. The van der Waals surface area contributed by atoms with Crippen LogP contribution in [0.1, 0.15) is 6.92 Å².